The van der Waals surface area contributed by atoms with E-state index in [1.165, 1.54) is 12.1 Å². The molecule has 0 unspecified atom stereocenters. The summed E-state index contributed by atoms with van der Waals surface area (Å²) in [5.41, 5.74) is 6.28. The highest BCUT2D eigenvalue weighted by Crippen LogP contribution is 2.33. The highest BCUT2D eigenvalue weighted by atomic mass is 19.2. The fourth-order valence-electron chi connectivity index (χ4n) is 3.87. The molecule has 0 saturated carbocycles. The van der Waals surface area contributed by atoms with Gasteiger partial charge in [-0.05, 0) is 62.4 Å². The average Bonchev–Trinajstić information content (AvgIpc) is 3.06. The van der Waals surface area contributed by atoms with E-state index in [9.17, 15) is 13.6 Å². The second-order valence-corrected chi connectivity index (χ2v) is 6.81. The summed E-state index contributed by atoms with van der Waals surface area (Å²) in [6.45, 7) is 3.30. The number of halogens is 2. The molecule has 4 nitrogen and oxygen atoms in total. The number of nitrogens with zero attached hydrogens (tertiary/aromatic N) is 1. The van der Waals surface area contributed by atoms with E-state index in [2.05, 4.69) is 4.90 Å². The number of rotatable bonds is 5. The van der Waals surface area contributed by atoms with Gasteiger partial charge in [-0.2, -0.15) is 0 Å². The zero-order valence-electron chi connectivity index (χ0n) is 13.7. The summed E-state index contributed by atoms with van der Waals surface area (Å²) in [5.74, 6) is -1.62. The topological polar surface area (TPSA) is 55.6 Å². The van der Waals surface area contributed by atoms with E-state index in [4.69, 9.17) is 10.5 Å². The van der Waals surface area contributed by atoms with Crippen molar-refractivity contribution >= 4 is 5.91 Å². The molecule has 2 heterocycles. The lowest BCUT2D eigenvalue weighted by molar-refractivity contribution is -0.124. The van der Waals surface area contributed by atoms with Gasteiger partial charge in [0.15, 0.2) is 11.6 Å². The third-order valence-corrected chi connectivity index (χ3v) is 5.30. The minimum Gasteiger partial charge on any atom is -0.377 e. The highest BCUT2D eigenvalue weighted by molar-refractivity contribution is 5.77. The van der Waals surface area contributed by atoms with E-state index >= 15 is 0 Å². The third-order valence-electron chi connectivity index (χ3n) is 5.30. The Morgan fingerprint density at radius 2 is 1.96 bits per heavy atom. The molecule has 0 aromatic heterocycles. The Hall–Kier alpha value is -1.53. The van der Waals surface area contributed by atoms with Crippen LogP contribution in [-0.2, 0) is 16.0 Å². The van der Waals surface area contributed by atoms with Crippen LogP contribution in [0.1, 0.15) is 24.8 Å². The van der Waals surface area contributed by atoms with E-state index in [-0.39, 0.29) is 17.9 Å². The Balaban J connectivity index is 1.47. The molecule has 2 N–H and O–H groups in total. The lowest BCUT2D eigenvalue weighted by Gasteiger charge is -2.35. The number of carbonyl (C=O) groups excluding carboxylic acids is 1. The van der Waals surface area contributed by atoms with E-state index in [0.29, 0.717) is 18.9 Å². The lowest BCUT2D eigenvalue weighted by atomic mass is 9.84. The number of ether oxygens (including phenoxy) is 1. The van der Waals surface area contributed by atoms with Crippen molar-refractivity contribution in [3.63, 3.8) is 0 Å². The van der Waals surface area contributed by atoms with E-state index in [1.54, 1.807) is 6.07 Å². The molecule has 2 aliphatic rings. The molecule has 2 saturated heterocycles. The van der Waals surface area contributed by atoms with E-state index in [0.717, 1.165) is 44.5 Å². The Kier molecular flexibility index (Phi) is 5.46. The lowest BCUT2D eigenvalue weighted by Crippen LogP contribution is -2.42. The Bertz CT molecular complexity index is 588. The van der Waals surface area contributed by atoms with Crippen LogP contribution in [-0.4, -0.2) is 43.2 Å². The molecule has 2 atom stereocenters. The van der Waals surface area contributed by atoms with Crippen LogP contribution in [0.15, 0.2) is 18.2 Å². The molecule has 0 bridgehead atoms. The summed E-state index contributed by atoms with van der Waals surface area (Å²) >= 11 is 0. The first-order valence-corrected chi connectivity index (χ1v) is 8.62. The number of nitrogens with two attached hydrogens (primary N) is 1. The smallest absolute Gasteiger partial charge is 0.223 e. The van der Waals surface area contributed by atoms with Crippen molar-refractivity contribution in [1.29, 1.82) is 0 Å². The van der Waals surface area contributed by atoms with Crippen molar-refractivity contribution in [3.05, 3.63) is 35.4 Å². The minimum absolute atomic E-state index is 0.0316. The fourth-order valence-corrected chi connectivity index (χ4v) is 3.87. The third kappa shape index (κ3) is 3.92. The Morgan fingerprint density at radius 1 is 1.21 bits per heavy atom. The first-order valence-electron chi connectivity index (χ1n) is 8.62. The van der Waals surface area contributed by atoms with Gasteiger partial charge in [0, 0.05) is 13.2 Å². The van der Waals surface area contributed by atoms with Crippen molar-refractivity contribution in [2.75, 3.05) is 26.2 Å². The number of carbonyl (C=O) groups is 1. The molecule has 0 radical (unpaired) electrons. The quantitative estimate of drug-likeness (QED) is 0.895. The van der Waals surface area contributed by atoms with Crippen molar-refractivity contribution in [2.45, 2.75) is 31.8 Å². The predicted octanol–water partition coefficient (Wildman–Crippen LogP) is 2.11. The number of likely N-dealkylation sites (tertiary alicyclic amines) is 1. The summed E-state index contributed by atoms with van der Waals surface area (Å²) in [6, 6.07) is 4.08. The predicted molar refractivity (Wildman–Crippen MR) is 86.3 cm³/mol. The van der Waals surface area contributed by atoms with Gasteiger partial charge in [0.1, 0.15) is 0 Å². The molecule has 2 aliphatic heterocycles. The summed E-state index contributed by atoms with van der Waals surface area (Å²) < 4.78 is 31.9. The van der Waals surface area contributed by atoms with Crippen LogP contribution in [0.4, 0.5) is 8.78 Å². The summed E-state index contributed by atoms with van der Waals surface area (Å²) in [4.78, 5) is 13.8. The molecule has 1 aromatic carbocycles. The largest absolute Gasteiger partial charge is 0.377 e. The molecule has 0 spiro atoms. The minimum atomic E-state index is -0.805. The molecular weight excluding hydrogens is 314 g/mol. The molecule has 0 aliphatic carbocycles. The van der Waals surface area contributed by atoms with Gasteiger partial charge in [-0.15, -0.1) is 0 Å². The molecule has 2 fully saturated rings. The van der Waals surface area contributed by atoms with Crippen LogP contribution >= 0.6 is 0 Å². The van der Waals surface area contributed by atoms with Crippen LogP contribution in [0.5, 0.6) is 0 Å². The van der Waals surface area contributed by atoms with Crippen molar-refractivity contribution in [3.8, 4) is 0 Å². The van der Waals surface area contributed by atoms with Gasteiger partial charge < -0.3 is 15.4 Å². The number of piperidine rings is 1. The number of hydrogen-bond donors (Lipinski definition) is 1. The molecule has 132 valence electrons. The average molecular weight is 338 g/mol. The highest BCUT2D eigenvalue weighted by Gasteiger charge is 2.39. The maximum atomic E-state index is 13.2. The first-order chi connectivity index (χ1) is 11.5. The van der Waals surface area contributed by atoms with Gasteiger partial charge in [0.2, 0.25) is 5.91 Å². The van der Waals surface area contributed by atoms with Gasteiger partial charge in [-0.1, -0.05) is 6.07 Å². The second-order valence-electron chi connectivity index (χ2n) is 6.81. The zero-order valence-corrected chi connectivity index (χ0v) is 13.7. The SMILES string of the molecule is NC(=O)[C@H]1CCO[C@@H]1C1CCN(CCc2ccc(F)c(F)c2)CC1. The molecule has 24 heavy (non-hydrogen) atoms. The number of amides is 1. The zero-order chi connectivity index (χ0) is 17.1. The van der Waals surface area contributed by atoms with Crippen molar-refractivity contribution in [1.82, 2.24) is 4.90 Å². The van der Waals surface area contributed by atoms with Crippen LogP contribution in [0.2, 0.25) is 0 Å². The van der Waals surface area contributed by atoms with Crippen LogP contribution < -0.4 is 5.73 Å². The van der Waals surface area contributed by atoms with Crippen LogP contribution in [0.25, 0.3) is 0 Å². The summed E-state index contributed by atoms with van der Waals surface area (Å²) in [7, 11) is 0. The first kappa shape index (κ1) is 17.3. The number of primary amides is 1. The monoisotopic (exact) mass is 338 g/mol. The molecule has 1 amide bonds. The van der Waals surface area contributed by atoms with E-state index < -0.39 is 11.6 Å². The molecule has 3 rings (SSSR count). The standard InChI is InChI=1S/C18H24F2N2O2/c19-15-2-1-12(11-16(15)20)3-7-22-8-4-13(5-9-22)17-14(18(21)23)6-10-24-17/h1-2,11,13-14,17H,3-10H2,(H2,21,23)/t14-,17+/m0/s1. The maximum absolute atomic E-state index is 13.2. The second kappa shape index (κ2) is 7.57. The van der Waals surface area contributed by atoms with Crippen molar-refractivity contribution in [2.24, 2.45) is 17.6 Å². The van der Waals surface area contributed by atoms with Gasteiger partial charge in [-0.25, -0.2) is 8.78 Å². The molecular formula is C18H24F2N2O2. The van der Waals surface area contributed by atoms with Gasteiger partial charge in [0.05, 0.1) is 12.0 Å². The Labute approximate surface area is 141 Å². The summed E-state index contributed by atoms with van der Waals surface area (Å²) in [6.07, 6.45) is 3.36. The summed E-state index contributed by atoms with van der Waals surface area (Å²) in [5, 5.41) is 0. The van der Waals surface area contributed by atoms with Gasteiger partial charge in [-0.3, -0.25) is 4.79 Å². The number of hydrogen-bond acceptors (Lipinski definition) is 3. The van der Waals surface area contributed by atoms with Gasteiger partial charge >= 0.3 is 0 Å². The maximum Gasteiger partial charge on any atom is 0.223 e. The molecule has 6 heteroatoms. The molecule has 1 aromatic rings. The van der Waals surface area contributed by atoms with E-state index in [1.807, 2.05) is 0 Å². The normalized spacial score (nSPS) is 25.9. The Morgan fingerprint density at radius 3 is 2.62 bits per heavy atom. The van der Waals surface area contributed by atoms with Crippen LogP contribution in [0, 0.1) is 23.5 Å². The van der Waals surface area contributed by atoms with Gasteiger partial charge in [0.25, 0.3) is 0 Å². The van der Waals surface area contributed by atoms with Crippen LogP contribution in [0.3, 0.4) is 0 Å². The number of benzene rings is 1. The van der Waals surface area contributed by atoms with Crippen molar-refractivity contribution < 1.29 is 18.3 Å². The fraction of sp³-hybridized carbons (Fsp3) is 0.611.